The van der Waals surface area contributed by atoms with E-state index in [4.69, 9.17) is 4.42 Å². The van der Waals surface area contributed by atoms with Crippen molar-refractivity contribution in [3.05, 3.63) is 29.7 Å². The minimum absolute atomic E-state index is 0.201. The number of aromatic nitrogens is 2. The minimum Gasteiger partial charge on any atom is -0.460 e. The van der Waals surface area contributed by atoms with Crippen LogP contribution in [-0.4, -0.2) is 77.3 Å². The van der Waals surface area contributed by atoms with E-state index in [1.54, 1.807) is 15.3 Å². The molecule has 2 fully saturated rings. The second-order valence-corrected chi connectivity index (χ2v) is 9.52. The van der Waals surface area contributed by atoms with Crippen LogP contribution in [0.15, 0.2) is 22.6 Å². The summed E-state index contributed by atoms with van der Waals surface area (Å²) in [4.78, 5) is 14.6. The molecular weight excluding hydrogens is 394 g/mol. The zero-order chi connectivity index (χ0) is 20.4. The van der Waals surface area contributed by atoms with Gasteiger partial charge in [0.25, 0.3) is 16.1 Å². The predicted octanol–water partition coefficient (Wildman–Crippen LogP) is 1.86. The van der Waals surface area contributed by atoms with Crippen molar-refractivity contribution in [2.45, 2.75) is 32.6 Å². The number of furan rings is 1. The molecule has 2 saturated heterocycles. The molecule has 1 amide bonds. The zero-order valence-electron chi connectivity index (χ0n) is 16.6. The molecular formula is C19H27N5O4S. The molecule has 0 spiro atoms. The summed E-state index contributed by atoms with van der Waals surface area (Å²) < 4.78 is 34.5. The molecule has 0 aliphatic carbocycles. The number of carbonyl (C=O) groups is 1. The summed E-state index contributed by atoms with van der Waals surface area (Å²) in [6.07, 6.45) is 3.51. The van der Waals surface area contributed by atoms with Gasteiger partial charge in [0.15, 0.2) is 11.5 Å². The van der Waals surface area contributed by atoms with Crippen LogP contribution in [0.1, 0.15) is 41.9 Å². The van der Waals surface area contributed by atoms with E-state index in [0.29, 0.717) is 62.8 Å². The first kappa shape index (κ1) is 20.1. The van der Waals surface area contributed by atoms with Gasteiger partial charge in [-0.15, -0.1) is 0 Å². The van der Waals surface area contributed by atoms with Crippen molar-refractivity contribution < 1.29 is 17.6 Å². The highest BCUT2D eigenvalue weighted by molar-refractivity contribution is 7.86. The van der Waals surface area contributed by atoms with Gasteiger partial charge < -0.3 is 9.32 Å². The number of nitrogens with one attached hydrogen (secondary N) is 1. The summed E-state index contributed by atoms with van der Waals surface area (Å²) in [6.45, 7) is 4.63. The Morgan fingerprint density at radius 1 is 1.00 bits per heavy atom. The maximum atomic E-state index is 12.9. The summed E-state index contributed by atoms with van der Waals surface area (Å²) in [6, 6.07) is 5.35. The molecule has 9 nitrogen and oxygen atoms in total. The van der Waals surface area contributed by atoms with Gasteiger partial charge in [0.05, 0.1) is 0 Å². The third kappa shape index (κ3) is 4.24. The van der Waals surface area contributed by atoms with E-state index < -0.39 is 10.2 Å². The number of rotatable bonds is 4. The SMILES string of the molecule is Cc1ccc(-c2cc(C(=O)N3CCCN(S(=O)(=O)N4CCCCC4)CC3)n[nH]2)o1. The number of carbonyl (C=O) groups excluding carboxylic acids is 1. The van der Waals surface area contributed by atoms with Gasteiger partial charge in [0.2, 0.25) is 0 Å². The van der Waals surface area contributed by atoms with E-state index in [2.05, 4.69) is 10.2 Å². The minimum atomic E-state index is -3.46. The number of H-pyrrole nitrogens is 1. The van der Waals surface area contributed by atoms with Crippen LogP contribution < -0.4 is 0 Å². The largest absolute Gasteiger partial charge is 0.460 e. The predicted molar refractivity (Wildman–Crippen MR) is 107 cm³/mol. The monoisotopic (exact) mass is 421 g/mol. The summed E-state index contributed by atoms with van der Waals surface area (Å²) in [5.74, 6) is 1.21. The number of piperidine rings is 1. The summed E-state index contributed by atoms with van der Waals surface area (Å²) in [7, 11) is -3.46. The highest BCUT2D eigenvalue weighted by Gasteiger charge is 2.33. The standard InChI is InChI=1S/C19H27N5O4S/c1-15-6-7-18(28-15)16-14-17(21-20-16)19(25)22-8-5-11-24(13-12-22)29(26,27)23-9-3-2-4-10-23/h6-7,14H,2-5,8-13H2,1H3,(H,20,21). The first-order valence-electron chi connectivity index (χ1n) is 10.1. The Morgan fingerprint density at radius 2 is 1.72 bits per heavy atom. The molecule has 0 unspecified atom stereocenters. The van der Waals surface area contributed by atoms with E-state index >= 15 is 0 Å². The number of aryl methyl sites for hydroxylation is 1. The molecule has 1 N–H and O–H groups in total. The number of aromatic amines is 1. The molecule has 2 aromatic heterocycles. The van der Waals surface area contributed by atoms with Gasteiger partial charge in [-0.1, -0.05) is 6.42 Å². The molecule has 0 atom stereocenters. The van der Waals surface area contributed by atoms with Crippen LogP contribution in [0.25, 0.3) is 11.5 Å². The molecule has 0 bridgehead atoms. The van der Waals surface area contributed by atoms with Crippen molar-refractivity contribution in [2.75, 3.05) is 39.3 Å². The van der Waals surface area contributed by atoms with E-state index in [0.717, 1.165) is 25.0 Å². The van der Waals surface area contributed by atoms with Crippen LogP contribution in [-0.2, 0) is 10.2 Å². The molecule has 2 aliphatic heterocycles. The number of hydrogen-bond acceptors (Lipinski definition) is 5. The Balaban J connectivity index is 1.42. The summed E-state index contributed by atoms with van der Waals surface area (Å²) in [5.41, 5.74) is 0.951. The van der Waals surface area contributed by atoms with Crippen LogP contribution in [0.3, 0.4) is 0 Å². The van der Waals surface area contributed by atoms with Gasteiger partial charge in [-0.25, -0.2) is 0 Å². The molecule has 0 saturated carbocycles. The average Bonchev–Trinajstić information content (AvgIpc) is 3.30. The normalized spacial score (nSPS) is 20.0. The fraction of sp³-hybridized carbons (Fsp3) is 0.579. The Kier molecular flexibility index (Phi) is 5.75. The number of nitrogens with zero attached hydrogens (tertiary/aromatic N) is 4. The summed E-state index contributed by atoms with van der Waals surface area (Å²) in [5, 5.41) is 6.98. The molecule has 4 rings (SSSR count). The number of hydrogen-bond donors (Lipinski definition) is 1. The molecule has 0 radical (unpaired) electrons. The van der Waals surface area contributed by atoms with Crippen LogP contribution in [0.5, 0.6) is 0 Å². The van der Waals surface area contributed by atoms with Gasteiger partial charge in [-0.2, -0.15) is 22.1 Å². The second-order valence-electron chi connectivity index (χ2n) is 7.59. The molecule has 2 aromatic rings. The second kappa shape index (κ2) is 8.29. The molecule has 0 aromatic carbocycles. The third-order valence-corrected chi connectivity index (χ3v) is 7.55. The molecule has 158 valence electrons. The van der Waals surface area contributed by atoms with E-state index in [-0.39, 0.29) is 5.91 Å². The quantitative estimate of drug-likeness (QED) is 0.812. The van der Waals surface area contributed by atoms with Crippen molar-refractivity contribution in [2.24, 2.45) is 0 Å². The Hall–Kier alpha value is -2.17. The first-order chi connectivity index (χ1) is 13.9. The van der Waals surface area contributed by atoms with Gasteiger partial charge in [-0.3, -0.25) is 9.89 Å². The highest BCUT2D eigenvalue weighted by atomic mass is 32.2. The van der Waals surface area contributed by atoms with Crippen molar-refractivity contribution in [3.8, 4) is 11.5 Å². The lowest BCUT2D eigenvalue weighted by molar-refractivity contribution is 0.0758. The van der Waals surface area contributed by atoms with E-state index in [1.165, 1.54) is 4.31 Å². The van der Waals surface area contributed by atoms with Gasteiger partial charge in [0, 0.05) is 45.3 Å². The first-order valence-corrected chi connectivity index (χ1v) is 11.5. The van der Waals surface area contributed by atoms with Crippen LogP contribution >= 0.6 is 0 Å². The highest BCUT2D eigenvalue weighted by Crippen LogP contribution is 2.22. The fourth-order valence-corrected chi connectivity index (χ4v) is 5.60. The average molecular weight is 422 g/mol. The van der Waals surface area contributed by atoms with Crippen molar-refractivity contribution in [1.82, 2.24) is 23.7 Å². The molecule has 10 heteroatoms. The van der Waals surface area contributed by atoms with Crippen molar-refractivity contribution in [3.63, 3.8) is 0 Å². The Bertz CT molecular complexity index is 961. The molecule has 4 heterocycles. The fourth-order valence-electron chi connectivity index (χ4n) is 3.89. The summed E-state index contributed by atoms with van der Waals surface area (Å²) >= 11 is 0. The zero-order valence-corrected chi connectivity index (χ0v) is 17.4. The Morgan fingerprint density at radius 3 is 2.45 bits per heavy atom. The topological polar surface area (TPSA) is 103 Å². The van der Waals surface area contributed by atoms with Crippen molar-refractivity contribution >= 4 is 16.1 Å². The Labute approximate surface area is 170 Å². The van der Waals surface area contributed by atoms with Crippen LogP contribution in [0.4, 0.5) is 0 Å². The lowest BCUT2D eigenvalue weighted by Gasteiger charge is -2.31. The lowest BCUT2D eigenvalue weighted by Crippen LogP contribution is -2.47. The van der Waals surface area contributed by atoms with E-state index in [1.807, 2.05) is 19.1 Å². The maximum absolute atomic E-state index is 12.9. The van der Waals surface area contributed by atoms with Gasteiger partial charge in [-0.05, 0) is 38.3 Å². The van der Waals surface area contributed by atoms with Crippen LogP contribution in [0, 0.1) is 6.92 Å². The number of amides is 1. The molecule has 2 aliphatic rings. The van der Waals surface area contributed by atoms with Gasteiger partial charge in [0.1, 0.15) is 11.5 Å². The van der Waals surface area contributed by atoms with Gasteiger partial charge >= 0.3 is 0 Å². The smallest absolute Gasteiger partial charge is 0.282 e. The van der Waals surface area contributed by atoms with E-state index in [9.17, 15) is 13.2 Å². The van der Waals surface area contributed by atoms with Crippen molar-refractivity contribution in [1.29, 1.82) is 0 Å². The molecule has 29 heavy (non-hydrogen) atoms. The lowest BCUT2D eigenvalue weighted by atomic mass is 10.2. The maximum Gasteiger partial charge on any atom is 0.282 e. The van der Waals surface area contributed by atoms with Crippen LogP contribution in [0.2, 0.25) is 0 Å². The third-order valence-electron chi connectivity index (χ3n) is 5.51.